The van der Waals surface area contributed by atoms with Gasteiger partial charge in [-0.2, -0.15) is 0 Å². The quantitative estimate of drug-likeness (QED) is 0.804. The number of benzene rings is 1. The summed E-state index contributed by atoms with van der Waals surface area (Å²) in [7, 11) is 0. The first-order chi connectivity index (χ1) is 7.84. The highest BCUT2D eigenvalue weighted by Gasteiger charge is 2.15. The molecule has 2 nitrogen and oxygen atoms in total. The van der Waals surface area contributed by atoms with E-state index in [1.54, 1.807) is 12.1 Å². The predicted octanol–water partition coefficient (Wildman–Crippen LogP) is 4.47. The Kier molecular flexibility index (Phi) is 5.04. The summed E-state index contributed by atoms with van der Waals surface area (Å²) in [6, 6.07) is 5.32. The third-order valence-corrected chi connectivity index (χ3v) is 3.46. The first-order valence-corrected chi connectivity index (χ1v) is 6.54. The second kappa shape index (κ2) is 5.89. The van der Waals surface area contributed by atoms with E-state index in [1.807, 2.05) is 6.07 Å². The highest BCUT2D eigenvalue weighted by Crippen LogP contribution is 2.25. The fraction of sp³-hybridized carbons (Fsp3) is 0.417. The molecule has 0 bridgehead atoms. The van der Waals surface area contributed by atoms with Crippen molar-refractivity contribution in [3.8, 4) is 0 Å². The molecule has 17 heavy (non-hydrogen) atoms. The molecule has 1 aromatic rings. The third kappa shape index (κ3) is 4.70. The van der Waals surface area contributed by atoms with Crippen molar-refractivity contribution in [3.05, 3.63) is 28.2 Å². The second-order valence-corrected chi connectivity index (χ2v) is 5.67. The highest BCUT2D eigenvalue weighted by atomic mass is 35.5. The average molecular weight is 291 g/mol. The maximum absolute atomic E-state index is 5.92. The first kappa shape index (κ1) is 14.6. The summed E-state index contributed by atoms with van der Waals surface area (Å²) < 4.78 is 0. The van der Waals surface area contributed by atoms with Crippen molar-refractivity contribution >= 4 is 46.2 Å². The minimum absolute atomic E-state index is 0.0275. The van der Waals surface area contributed by atoms with Crippen LogP contribution >= 0.6 is 35.4 Å². The van der Waals surface area contributed by atoms with Crippen LogP contribution in [0, 0.1) is 0 Å². The lowest BCUT2D eigenvalue weighted by atomic mass is 10.0. The van der Waals surface area contributed by atoms with E-state index in [1.165, 1.54) is 0 Å². The van der Waals surface area contributed by atoms with Gasteiger partial charge in [0, 0.05) is 11.2 Å². The number of hydrogen-bond acceptors (Lipinski definition) is 1. The fourth-order valence-electron chi connectivity index (χ4n) is 1.13. The molecule has 2 N–H and O–H groups in total. The van der Waals surface area contributed by atoms with Crippen molar-refractivity contribution in [1.82, 2.24) is 5.32 Å². The zero-order chi connectivity index (χ0) is 13.1. The van der Waals surface area contributed by atoms with E-state index in [4.69, 9.17) is 35.4 Å². The molecule has 0 aliphatic heterocycles. The van der Waals surface area contributed by atoms with Crippen molar-refractivity contribution in [1.29, 1.82) is 0 Å². The van der Waals surface area contributed by atoms with Crippen LogP contribution in [-0.4, -0.2) is 10.7 Å². The molecule has 0 unspecified atom stereocenters. The van der Waals surface area contributed by atoms with Gasteiger partial charge in [0.1, 0.15) is 0 Å². The van der Waals surface area contributed by atoms with Gasteiger partial charge >= 0.3 is 0 Å². The fourth-order valence-corrected chi connectivity index (χ4v) is 1.82. The molecule has 0 atom stereocenters. The summed E-state index contributed by atoms with van der Waals surface area (Å²) in [4.78, 5) is 0. The van der Waals surface area contributed by atoms with Crippen LogP contribution in [0.15, 0.2) is 18.2 Å². The lowest BCUT2D eigenvalue weighted by Gasteiger charge is -2.26. The Hall–Kier alpha value is -0.510. The Morgan fingerprint density at radius 3 is 2.47 bits per heavy atom. The van der Waals surface area contributed by atoms with Gasteiger partial charge in [-0.3, -0.25) is 0 Å². The molecular formula is C12H16Cl2N2S. The smallest absolute Gasteiger partial charge is 0.171 e. The summed E-state index contributed by atoms with van der Waals surface area (Å²) in [6.07, 6.45) is 0.982. The molecule has 0 saturated heterocycles. The van der Waals surface area contributed by atoms with Gasteiger partial charge in [0.25, 0.3) is 0 Å². The molecule has 5 heteroatoms. The largest absolute Gasteiger partial charge is 0.358 e. The highest BCUT2D eigenvalue weighted by molar-refractivity contribution is 7.80. The van der Waals surface area contributed by atoms with E-state index in [9.17, 15) is 0 Å². The average Bonchev–Trinajstić information content (AvgIpc) is 2.23. The summed E-state index contributed by atoms with van der Waals surface area (Å²) >= 11 is 17.0. The van der Waals surface area contributed by atoms with E-state index < -0.39 is 0 Å². The lowest BCUT2D eigenvalue weighted by Crippen LogP contribution is -2.44. The number of hydrogen-bond donors (Lipinski definition) is 2. The molecule has 0 spiro atoms. The van der Waals surface area contributed by atoms with E-state index in [2.05, 4.69) is 31.4 Å². The van der Waals surface area contributed by atoms with Crippen molar-refractivity contribution in [2.24, 2.45) is 0 Å². The molecule has 94 valence electrons. The van der Waals surface area contributed by atoms with Crippen molar-refractivity contribution in [3.63, 3.8) is 0 Å². The summed E-state index contributed by atoms with van der Waals surface area (Å²) in [5.74, 6) is 0. The monoisotopic (exact) mass is 290 g/mol. The topological polar surface area (TPSA) is 24.1 Å². The predicted molar refractivity (Wildman–Crippen MR) is 80.2 cm³/mol. The molecule has 1 rings (SSSR count). The van der Waals surface area contributed by atoms with E-state index in [0.29, 0.717) is 15.2 Å². The van der Waals surface area contributed by atoms with Crippen LogP contribution in [-0.2, 0) is 0 Å². The van der Waals surface area contributed by atoms with Crippen molar-refractivity contribution in [2.45, 2.75) is 32.7 Å². The van der Waals surface area contributed by atoms with Gasteiger partial charge in [0.2, 0.25) is 0 Å². The van der Waals surface area contributed by atoms with Crippen LogP contribution in [0.2, 0.25) is 10.0 Å². The Bertz CT molecular complexity index is 419. The zero-order valence-corrected chi connectivity index (χ0v) is 12.4. The number of thiocarbonyl (C=S) groups is 1. The molecule has 0 aromatic heterocycles. The molecular weight excluding hydrogens is 275 g/mol. The molecule has 0 aliphatic carbocycles. The molecule has 0 aliphatic rings. The molecule has 0 saturated carbocycles. The standard InChI is InChI=1S/C12H16Cl2N2S/c1-4-12(2,3)16-11(17)15-8-5-6-9(13)10(14)7-8/h5-7H,4H2,1-3H3,(H2,15,16,17). The van der Waals surface area contributed by atoms with Crippen LogP contribution in [0.4, 0.5) is 5.69 Å². The van der Waals surface area contributed by atoms with Gasteiger partial charge in [0.05, 0.1) is 10.0 Å². The maximum atomic E-state index is 5.92. The molecule has 0 heterocycles. The van der Waals surface area contributed by atoms with Crippen LogP contribution in [0.3, 0.4) is 0 Å². The number of nitrogens with one attached hydrogen (secondary N) is 2. The van der Waals surface area contributed by atoms with Gasteiger partial charge in [-0.1, -0.05) is 30.1 Å². The van der Waals surface area contributed by atoms with Crippen LogP contribution in [0.5, 0.6) is 0 Å². The molecule has 1 aromatic carbocycles. The second-order valence-electron chi connectivity index (χ2n) is 4.45. The minimum atomic E-state index is -0.0275. The lowest BCUT2D eigenvalue weighted by molar-refractivity contribution is 0.448. The maximum Gasteiger partial charge on any atom is 0.171 e. The molecule has 0 radical (unpaired) electrons. The van der Waals surface area contributed by atoms with Gasteiger partial charge < -0.3 is 10.6 Å². The van der Waals surface area contributed by atoms with Crippen molar-refractivity contribution < 1.29 is 0 Å². The van der Waals surface area contributed by atoms with E-state index in [0.717, 1.165) is 12.1 Å². The van der Waals surface area contributed by atoms with E-state index in [-0.39, 0.29) is 5.54 Å². The third-order valence-electron chi connectivity index (χ3n) is 2.51. The zero-order valence-electron chi connectivity index (χ0n) is 10.1. The number of anilines is 1. The van der Waals surface area contributed by atoms with Crippen LogP contribution in [0.25, 0.3) is 0 Å². The number of rotatable bonds is 3. The molecule has 0 amide bonds. The Morgan fingerprint density at radius 2 is 1.94 bits per heavy atom. The Morgan fingerprint density at radius 1 is 1.29 bits per heavy atom. The van der Waals surface area contributed by atoms with Crippen LogP contribution in [0.1, 0.15) is 27.2 Å². The van der Waals surface area contributed by atoms with E-state index >= 15 is 0 Å². The van der Waals surface area contributed by atoms with Crippen LogP contribution < -0.4 is 10.6 Å². The van der Waals surface area contributed by atoms with Gasteiger partial charge in [-0.25, -0.2) is 0 Å². The Balaban J connectivity index is 2.65. The van der Waals surface area contributed by atoms with Gasteiger partial charge in [-0.05, 0) is 50.7 Å². The number of halogens is 2. The minimum Gasteiger partial charge on any atom is -0.358 e. The summed E-state index contributed by atoms with van der Waals surface area (Å²) in [6.45, 7) is 6.29. The summed E-state index contributed by atoms with van der Waals surface area (Å²) in [5.41, 5.74) is 0.795. The normalized spacial score (nSPS) is 11.1. The SMILES string of the molecule is CCC(C)(C)NC(=S)Nc1ccc(Cl)c(Cl)c1. The van der Waals surface area contributed by atoms with Gasteiger partial charge in [0.15, 0.2) is 5.11 Å². The summed E-state index contributed by atoms with van der Waals surface area (Å²) in [5, 5.41) is 7.93. The molecule has 0 fully saturated rings. The van der Waals surface area contributed by atoms with Crippen molar-refractivity contribution in [2.75, 3.05) is 5.32 Å². The van der Waals surface area contributed by atoms with Gasteiger partial charge in [-0.15, -0.1) is 0 Å². The first-order valence-electron chi connectivity index (χ1n) is 5.38. The Labute approximate surface area is 118 Å².